The third-order valence-corrected chi connectivity index (χ3v) is 3.55. The molecule has 0 spiro atoms. The van der Waals surface area contributed by atoms with Crippen LogP contribution in [-0.4, -0.2) is 16.1 Å². The number of halogens is 3. The normalized spacial score (nSPS) is 17.9. The first-order chi connectivity index (χ1) is 8.32. The fraction of sp³-hybridized carbons (Fsp3) is 0.750. The zero-order valence-corrected chi connectivity index (χ0v) is 10.8. The third-order valence-electron chi connectivity index (χ3n) is 3.55. The summed E-state index contributed by atoms with van der Waals surface area (Å²) >= 11 is 0. The lowest BCUT2D eigenvalue weighted by atomic mass is 10.0. The minimum atomic E-state index is -4.39. The molecule has 0 fully saturated rings. The number of nitrogens with zero attached hydrogens (tertiary/aromatic N) is 2. The van der Waals surface area contributed by atoms with E-state index < -0.39 is 12.0 Å². The quantitative estimate of drug-likeness (QED) is 0.887. The smallest absolute Gasteiger partial charge is 0.321 e. The highest BCUT2D eigenvalue weighted by Crippen LogP contribution is 2.35. The van der Waals surface area contributed by atoms with Gasteiger partial charge in [-0.25, -0.2) is 4.98 Å². The van der Waals surface area contributed by atoms with Crippen molar-refractivity contribution >= 4 is 0 Å². The van der Waals surface area contributed by atoms with Gasteiger partial charge in [0.15, 0.2) is 0 Å². The molecule has 1 atom stereocenters. The summed E-state index contributed by atoms with van der Waals surface area (Å²) in [5.41, 5.74) is 1.28. The van der Waals surface area contributed by atoms with Crippen LogP contribution in [0.5, 0.6) is 0 Å². The van der Waals surface area contributed by atoms with Crippen LogP contribution in [0, 0.1) is 5.92 Å². The average molecular weight is 261 g/mol. The highest BCUT2D eigenvalue weighted by molar-refractivity contribution is 5.22. The van der Waals surface area contributed by atoms with Crippen molar-refractivity contribution in [3.8, 4) is 0 Å². The van der Waals surface area contributed by atoms with Gasteiger partial charge in [-0.1, -0.05) is 13.8 Å². The second-order valence-electron chi connectivity index (χ2n) is 5.11. The molecule has 1 aliphatic heterocycles. The number of fused-ring (bicyclic) bond motifs is 1. The SMILES string of the molecule is CC(C)C(C)n1c(C(F)(F)F)nc2c1CCNC2. The van der Waals surface area contributed by atoms with Crippen LogP contribution in [0.1, 0.15) is 44.0 Å². The first-order valence-electron chi connectivity index (χ1n) is 6.20. The molecule has 0 aliphatic carbocycles. The lowest BCUT2D eigenvalue weighted by Gasteiger charge is -2.25. The Bertz CT molecular complexity index is 435. The molecule has 2 rings (SSSR count). The number of imidazole rings is 1. The lowest BCUT2D eigenvalue weighted by Crippen LogP contribution is -2.27. The van der Waals surface area contributed by atoms with E-state index in [2.05, 4.69) is 10.3 Å². The van der Waals surface area contributed by atoms with Gasteiger partial charge < -0.3 is 9.88 Å². The Balaban J connectivity index is 2.56. The Morgan fingerprint density at radius 2 is 1.94 bits per heavy atom. The Labute approximate surface area is 104 Å². The van der Waals surface area contributed by atoms with Crippen LogP contribution >= 0.6 is 0 Å². The summed E-state index contributed by atoms with van der Waals surface area (Å²) in [5, 5.41) is 3.06. The molecule has 3 nitrogen and oxygen atoms in total. The predicted octanol–water partition coefficient (Wildman–Crippen LogP) is 2.76. The van der Waals surface area contributed by atoms with Crippen molar-refractivity contribution in [2.24, 2.45) is 5.92 Å². The molecule has 2 heterocycles. The maximum atomic E-state index is 13.1. The van der Waals surface area contributed by atoms with Gasteiger partial charge in [0.2, 0.25) is 5.82 Å². The van der Waals surface area contributed by atoms with Gasteiger partial charge in [-0.15, -0.1) is 0 Å². The Morgan fingerprint density at radius 3 is 2.50 bits per heavy atom. The molecule has 1 aliphatic rings. The Hall–Kier alpha value is -1.04. The number of nitrogens with one attached hydrogen (secondary N) is 1. The fourth-order valence-electron chi connectivity index (χ4n) is 2.27. The monoisotopic (exact) mass is 261 g/mol. The molecule has 1 N–H and O–H groups in total. The Kier molecular flexibility index (Phi) is 3.40. The topological polar surface area (TPSA) is 29.9 Å². The van der Waals surface area contributed by atoms with E-state index in [-0.39, 0.29) is 12.0 Å². The van der Waals surface area contributed by atoms with Crippen molar-refractivity contribution in [1.82, 2.24) is 14.9 Å². The van der Waals surface area contributed by atoms with E-state index in [1.54, 1.807) is 0 Å². The van der Waals surface area contributed by atoms with Crippen LogP contribution < -0.4 is 5.32 Å². The number of aromatic nitrogens is 2. The molecule has 102 valence electrons. The predicted molar refractivity (Wildman–Crippen MR) is 62.2 cm³/mol. The van der Waals surface area contributed by atoms with Crippen molar-refractivity contribution in [2.45, 2.75) is 46.0 Å². The molecule has 6 heteroatoms. The summed E-state index contributed by atoms with van der Waals surface area (Å²) in [4.78, 5) is 3.80. The van der Waals surface area contributed by atoms with Crippen LogP contribution in [0.4, 0.5) is 13.2 Å². The van der Waals surface area contributed by atoms with Crippen molar-refractivity contribution in [1.29, 1.82) is 0 Å². The van der Waals surface area contributed by atoms with Crippen molar-refractivity contribution in [2.75, 3.05) is 6.54 Å². The molecule has 1 unspecified atom stereocenters. The molecule has 1 aromatic rings. The molecule has 1 aromatic heterocycles. The van der Waals surface area contributed by atoms with Crippen LogP contribution in [-0.2, 0) is 19.1 Å². The Morgan fingerprint density at radius 1 is 1.28 bits per heavy atom. The number of hydrogen-bond acceptors (Lipinski definition) is 2. The summed E-state index contributed by atoms with van der Waals surface area (Å²) in [6.45, 7) is 6.82. The second-order valence-corrected chi connectivity index (χ2v) is 5.11. The molecule has 0 saturated heterocycles. The van der Waals surface area contributed by atoms with Gasteiger partial charge in [0.1, 0.15) is 0 Å². The van der Waals surface area contributed by atoms with E-state index in [9.17, 15) is 13.2 Å². The highest BCUT2D eigenvalue weighted by Gasteiger charge is 2.40. The largest absolute Gasteiger partial charge is 0.449 e. The van der Waals surface area contributed by atoms with Gasteiger partial charge in [0, 0.05) is 31.2 Å². The van der Waals surface area contributed by atoms with Gasteiger partial charge in [0.05, 0.1) is 5.69 Å². The summed E-state index contributed by atoms with van der Waals surface area (Å²) in [5.74, 6) is -0.614. The van der Waals surface area contributed by atoms with Crippen LogP contribution in [0.2, 0.25) is 0 Å². The van der Waals surface area contributed by atoms with E-state index in [4.69, 9.17) is 0 Å². The average Bonchev–Trinajstić information content (AvgIpc) is 2.66. The minimum Gasteiger partial charge on any atom is -0.321 e. The summed E-state index contributed by atoms with van der Waals surface area (Å²) in [6.07, 6.45) is -3.78. The maximum Gasteiger partial charge on any atom is 0.449 e. The van der Waals surface area contributed by atoms with Gasteiger partial charge >= 0.3 is 6.18 Å². The summed E-state index contributed by atoms with van der Waals surface area (Å²) in [7, 11) is 0. The molecule has 18 heavy (non-hydrogen) atoms. The van der Waals surface area contributed by atoms with Crippen LogP contribution in [0.15, 0.2) is 0 Å². The van der Waals surface area contributed by atoms with Crippen molar-refractivity contribution < 1.29 is 13.2 Å². The van der Waals surface area contributed by atoms with Crippen LogP contribution in [0.3, 0.4) is 0 Å². The molecule has 0 amide bonds. The summed E-state index contributed by atoms with van der Waals surface area (Å²) in [6, 6.07) is -0.198. The molecule has 0 radical (unpaired) electrons. The van der Waals surface area contributed by atoms with Crippen LogP contribution in [0.25, 0.3) is 0 Å². The number of hydrogen-bond donors (Lipinski definition) is 1. The van der Waals surface area contributed by atoms with E-state index in [1.807, 2.05) is 20.8 Å². The van der Waals surface area contributed by atoms with Gasteiger partial charge in [-0.3, -0.25) is 0 Å². The minimum absolute atomic E-state index is 0.138. The van der Waals surface area contributed by atoms with Crippen molar-refractivity contribution in [3.63, 3.8) is 0 Å². The first-order valence-corrected chi connectivity index (χ1v) is 6.20. The fourth-order valence-corrected chi connectivity index (χ4v) is 2.27. The highest BCUT2D eigenvalue weighted by atomic mass is 19.4. The van der Waals surface area contributed by atoms with Gasteiger partial charge in [-0.2, -0.15) is 13.2 Å². The lowest BCUT2D eigenvalue weighted by molar-refractivity contribution is -0.148. The van der Waals surface area contributed by atoms with E-state index in [0.29, 0.717) is 25.2 Å². The third kappa shape index (κ3) is 2.25. The first kappa shape index (κ1) is 13.4. The van der Waals surface area contributed by atoms with Gasteiger partial charge in [0.25, 0.3) is 0 Å². The molecule has 0 bridgehead atoms. The summed E-state index contributed by atoms with van der Waals surface area (Å²) < 4.78 is 40.6. The zero-order valence-electron chi connectivity index (χ0n) is 10.8. The maximum absolute atomic E-state index is 13.1. The van der Waals surface area contributed by atoms with E-state index in [1.165, 1.54) is 4.57 Å². The molecule has 0 aromatic carbocycles. The van der Waals surface area contributed by atoms with E-state index >= 15 is 0 Å². The second kappa shape index (κ2) is 4.57. The number of rotatable bonds is 2. The van der Waals surface area contributed by atoms with E-state index in [0.717, 1.165) is 5.69 Å². The standard InChI is InChI=1S/C12H18F3N3/c1-7(2)8(3)18-10-4-5-16-6-9(10)17-11(18)12(13,14)15/h7-8,16H,4-6H2,1-3H3. The molecular weight excluding hydrogens is 243 g/mol. The zero-order chi connectivity index (χ0) is 13.5. The van der Waals surface area contributed by atoms with Gasteiger partial charge in [-0.05, 0) is 12.8 Å². The number of alkyl halides is 3. The van der Waals surface area contributed by atoms with Crippen molar-refractivity contribution in [3.05, 3.63) is 17.2 Å². The molecular formula is C12H18F3N3. The molecule has 0 saturated carbocycles.